The van der Waals surface area contributed by atoms with Crippen LogP contribution < -0.4 is 10.1 Å². The molecule has 0 aromatic heterocycles. The second-order valence-electron chi connectivity index (χ2n) is 4.64. The lowest BCUT2D eigenvalue weighted by atomic mass is 10.1. The van der Waals surface area contributed by atoms with Gasteiger partial charge < -0.3 is 15.2 Å². The van der Waals surface area contributed by atoms with Gasteiger partial charge in [-0.3, -0.25) is 0 Å². The number of hydrogen-bond donors (Lipinski definition) is 2. The van der Waals surface area contributed by atoms with Gasteiger partial charge in [0.1, 0.15) is 11.6 Å². The Morgan fingerprint density at radius 3 is 2.67 bits per heavy atom. The minimum absolute atomic E-state index is 0.138. The Balaban J connectivity index is 2.31. The van der Waals surface area contributed by atoms with Crippen LogP contribution in [0.15, 0.2) is 42.5 Å². The molecule has 0 saturated carbocycles. The summed E-state index contributed by atoms with van der Waals surface area (Å²) in [4.78, 5) is 11.3. The van der Waals surface area contributed by atoms with E-state index in [0.717, 1.165) is 5.56 Å². The molecule has 2 N–H and O–H groups in total. The van der Waals surface area contributed by atoms with Gasteiger partial charge in [0.25, 0.3) is 0 Å². The summed E-state index contributed by atoms with van der Waals surface area (Å²) in [7, 11) is 1.51. The smallest absolute Gasteiger partial charge is 0.337 e. The first-order valence-corrected chi connectivity index (χ1v) is 6.44. The minimum atomic E-state index is -1.04. The van der Waals surface area contributed by atoms with Crippen molar-refractivity contribution in [1.29, 1.82) is 0 Å². The van der Waals surface area contributed by atoms with Crippen molar-refractivity contribution in [1.82, 2.24) is 0 Å². The van der Waals surface area contributed by atoms with Gasteiger partial charge in [0.2, 0.25) is 0 Å². The van der Waals surface area contributed by atoms with Crippen molar-refractivity contribution < 1.29 is 19.0 Å². The number of carboxylic acids is 1. The summed E-state index contributed by atoms with van der Waals surface area (Å²) in [6.45, 7) is 1.83. The Morgan fingerprint density at radius 1 is 1.29 bits per heavy atom. The van der Waals surface area contributed by atoms with Crippen LogP contribution in [0.4, 0.5) is 10.1 Å². The molecular weight excluding hydrogens is 273 g/mol. The predicted molar refractivity (Wildman–Crippen MR) is 78.4 cm³/mol. The molecule has 1 unspecified atom stereocenters. The van der Waals surface area contributed by atoms with Crippen molar-refractivity contribution in [3.63, 3.8) is 0 Å². The monoisotopic (exact) mass is 289 g/mol. The Kier molecular flexibility index (Phi) is 4.42. The fraction of sp³-hybridized carbons (Fsp3) is 0.188. The number of rotatable bonds is 5. The fourth-order valence-electron chi connectivity index (χ4n) is 2.05. The molecule has 0 heterocycles. The second kappa shape index (κ2) is 6.26. The predicted octanol–water partition coefficient (Wildman–Crippen LogP) is 3.71. The lowest BCUT2D eigenvalue weighted by Gasteiger charge is -2.18. The molecule has 0 aliphatic heterocycles. The quantitative estimate of drug-likeness (QED) is 0.881. The van der Waals surface area contributed by atoms with Gasteiger partial charge in [-0.2, -0.15) is 0 Å². The van der Waals surface area contributed by atoms with E-state index in [2.05, 4.69) is 5.32 Å². The van der Waals surface area contributed by atoms with Crippen LogP contribution in [0.1, 0.15) is 28.9 Å². The number of nitrogens with one attached hydrogen (secondary N) is 1. The summed E-state index contributed by atoms with van der Waals surface area (Å²) < 4.78 is 18.4. The van der Waals surface area contributed by atoms with Crippen LogP contribution in [0.25, 0.3) is 0 Å². The van der Waals surface area contributed by atoms with Crippen molar-refractivity contribution in [3.05, 3.63) is 59.4 Å². The zero-order valence-corrected chi connectivity index (χ0v) is 11.8. The number of hydrogen-bond acceptors (Lipinski definition) is 3. The molecule has 0 saturated heterocycles. The van der Waals surface area contributed by atoms with E-state index in [1.165, 1.54) is 25.3 Å². The largest absolute Gasteiger partial charge is 0.497 e. The van der Waals surface area contributed by atoms with Crippen molar-refractivity contribution in [3.8, 4) is 5.75 Å². The maximum atomic E-state index is 13.3. The molecule has 2 aromatic carbocycles. The number of ether oxygens (including phenoxy) is 1. The number of methoxy groups -OCH3 is 1. The summed E-state index contributed by atoms with van der Waals surface area (Å²) >= 11 is 0. The van der Waals surface area contributed by atoms with Gasteiger partial charge in [-0.05, 0) is 36.8 Å². The lowest BCUT2D eigenvalue weighted by molar-refractivity contribution is 0.0698. The SMILES string of the molecule is COc1ccc(C(=O)O)c(NC(C)c2cccc(F)c2)c1. The van der Waals surface area contributed by atoms with E-state index >= 15 is 0 Å². The Morgan fingerprint density at radius 2 is 2.05 bits per heavy atom. The standard InChI is InChI=1S/C16H16FNO3/c1-10(11-4-3-5-12(17)8-11)18-15-9-13(21-2)6-7-14(15)16(19)20/h3-10,18H,1-2H3,(H,19,20). The Hall–Kier alpha value is -2.56. The van der Waals surface area contributed by atoms with E-state index < -0.39 is 5.97 Å². The topological polar surface area (TPSA) is 58.6 Å². The zero-order chi connectivity index (χ0) is 15.4. The van der Waals surface area contributed by atoms with Crippen LogP contribution in [-0.4, -0.2) is 18.2 Å². The van der Waals surface area contributed by atoms with Gasteiger partial charge in [-0.15, -0.1) is 0 Å². The third-order valence-electron chi connectivity index (χ3n) is 3.18. The normalized spacial score (nSPS) is 11.8. The van der Waals surface area contributed by atoms with Crippen molar-refractivity contribution in [2.75, 3.05) is 12.4 Å². The molecule has 2 rings (SSSR count). The molecule has 0 amide bonds. The third kappa shape index (κ3) is 3.51. The molecule has 5 heteroatoms. The van der Waals surface area contributed by atoms with Crippen molar-refractivity contribution in [2.24, 2.45) is 0 Å². The van der Waals surface area contributed by atoms with Gasteiger partial charge in [0.05, 0.1) is 18.4 Å². The average molecular weight is 289 g/mol. The van der Waals surface area contributed by atoms with Crippen molar-refractivity contribution >= 4 is 11.7 Å². The lowest BCUT2D eigenvalue weighted by Crippen LogP contribution is -2.11. The van der Waals surface area contributed by atoms with Crippen LogP contribution in [0, 0.1) is 5.82 Å². The van der Waals surface area contributed by atoms with E-state index in [1.54, 1.807) is 24.3 Å². The summed E-state index contributed by atoms with van der Waals surface area (Å²) in [5, 5.41) is 12.3. The Labute approximate surface area is 122 Å². The van der Waals surface area contributed by atoms with Gasteiger partial charge in [-0.1, -0.05) is 12.1 Å². The highest BCUT2D eigenvalue weighted by Crippen LogP contribution is 2.27. The molecule has 110 valence electrons. The van der Waals surface area contributed by atoms with E-state index in [1.807, 2.05) is 6.92 Å². The van der Waals surface area contributed by atoms with Crippen LogP contribution in [-0.2, 0) is 0 Å². The van der Waals surface area contributed by atoms with Crippen LogP contribution in [0.3, 0.4) is 0 Å². The average Bonchev–Trinajstić information content (AvgIpc) is 2.46. The summed E-state index contributed by atoms with van der Waals surface area (Å²) in [6.07, 6.45) is 0. The summed E-state index contributed by atoms with van der Waals surface area (Å²) in [6, 6.07) is 10.6. The molecule has 1 atom stereocenters. The van der Waals surface area contributed by atoms with Crippen molar-refractivity contribution in [2.45, 2.75) is 13.0 Å². The van der Waals surface area contributed by atoms with Gasteiger partial charge in [-0.25, -0.2) is 9.18 Å². The number of carboxylic acid groups (broad SMARTS) is 1. The third-order valence-corrected chi connectivity index (χ3v) is 3.18. The van der Waals surface area contributed by atoms with Gasteiger partial charge in [0.15, 0.2) is 0 Å². The molecule has 21 heavy (non-hydrogen) atoms. The van der Waals surface area contributed by atoms with E-state index in [4.69, 9.17) is 4.74 Å². The van der Waals surface area contributed by atoms with Gasteiger partial charge >= 0.3 is 5.97 Å². The first-order chi connectivity index (χ1) is 10.0. The van der Waals surface area contributed by atoms with Gasteiger partial charge in [0, 0.05) is 12.1 Å². The molecule has 0 radical (unpaired) electrons. The molecular formula is C16H16FNO3. The maximum absolute atomic E-state index is 13.3. The summed E-state index contributed by atoms with van der Waals surface area (Å²) in [5.41, 5.74) is 1.30. The van der Waals surface area contributed by atoms with E-state index in [-0.39, 0.29) is 17.4 Å². The van der Waals surface area contributed by atoms with Crippen LogP contribution in [0.2, 0.25) is 0 Å². The fourth-order valence-corrected chi connectivity index (χ4v) is 2.05. The molecule has 0 aliphatic rings. The maximum Gasteiger partial charge on any atom is 0.337 e. The van der Waals surface area contributed by atoms with E-state index in [9.17, 15) is 14.3 Å². The number of halogens is 1. The molecule has 0 spiro atoms. The highest BCUT2D eigenvalue weighted by molar-refractivity contribution is 5.94. The molecule has 0 aliphatic carbocycles. The molecule has 2 aromatic rings. The summed E-state index contributed by atoms with van der Waals surface area (Å²) in [5.74, 6) is -0.814. The van der Waals surface area contributed by atoms with Crippen LogP contribution in [0.5, 0.6) is 5.75 Å². The second-order valence-corrected chi connectivity index (χ2v) is 4.64. The number of anilines is 1. The van der Waals surface area contributed by atoms with Crippen LogP contribution >= 0.6 is 0 Å². The highest BCUT2D eigenvalue weighted by atomic mass is 19.1. The molecule has 0 bridgehead atoms. The first-order valence-electron chi connectivity index (χ1n) is 6.44. The minimum Gasteiger partial charge on any atom is -0.497 e. The number of carbonyl (C=O) groups is 1. The number of benzene rings is 2. The molecule has 4 nitrogen and oxygen atoms in total. The number of aromatic carboxylic acids is 1. The Bertz CT molecular complexity index is 658. The van der Waals surface area contributed by atoms with E-state index in [0.29, 0.717) is 11.4 Å². The zero-order valence-electron chi connectivity index (χ0n) is 11.8. The highest BCUT2D eigenvalue weighted by Gasteiger charge is 2.14. The first kappa shape index (κ1) is 14.8. The molecule has 0 fully saturated rings.